The number of carbonyl (C=O) groups is 2. The summed E-state index contributed by atoms with van der Waals surface area (Å²) in [6.07, 6.45) is 3.54. The molecule has 1 rings (SSSR count). The van der Waals surface area contributed by atoms with E-state index in [4.69, 9.17) is 0 Å². The number of nitrogens with one attached hydrogen (secondary N) is 1. The molecule has 0 aliphatic heterocycles. The third kappa shape index (κ3) is 6.39. The number of rotatable bonds is 8. The van der Waals surface area contributed by atoms with E-state index in [9.17, 15) is 9.59 Å². The molecule has 4 nitrogen and oxygen atoms in total. The summed E-state index contributed by atoms with van der Waals surface area (Å²) in [5.74, 6) is -0.113. The predicted molar refractivity (Wildman–Crippen MR) is 71.5 cm³/mol. The lowest BCUT2D eigenvalue weighted by molar-refractivity contribution is -0.140. The Kier molecular flexibility index (Phi) is 7.10. The highest BCUT2D eigenvalue weighted by atomic mass is 32.1. The molecule has 0 unspecified atom stereocenters. The van der Waals surface area contributed by atoms with E-state index in [1.165, 1.54) is 7.11 Å². The van der Waals surface area contributed by atoms with E-state index in [0.717, 1.165) is 24.8 Å². The van der Waals surface area contributed by atoms with E-state index in [-0.39, 0.29) is 11.9 Å². The van der Waals surface area contributed by atoms with Gasteiger partial charge in [-0.1, -0.05) is 6.42 Å². The Morgan fingerprint density at radius 2 is 2.17 bits per heavy atom. The lowest BCUT2D eigenvalue weighted by Crippen LogP contribution is -2.25. The van der Waals surface area contributed by atoms with Gasteiger partial charge in [0.15, 0.2) is 0 Å². The highest BCUT2D eigenvalue weighted by Gasteiger charge is 2.03. The first-order chi connectivity index (χ1) is 8.72. The minimum absolute atomic E-state index is 0.0568. The van der Waals surface area contributed by atoms with Gasteiger partial charge in [-0.15, -0.1) is 0 Å². The molecule has 0 saturated carbocycles. The molecule has 1 heterocycles. The van der Waals surface area contributed by atoms with Crippen LogP contribution < -0.4 is 5.32 Å². The van der Waals surface area contributed by atoms with E-state index in [1.807, 2.05) is 16.8 Å². The lowest BCUT2D eigenvalue weighted by Gasteiger charge is -2.04. The second-order valence-electron chi connectivity index (χ2n) is 4.05. The summed E-state index contributed by atoms with van der Waals surface area (Å²) in [4.78, 5) is 22.4. The first-order valence-corrected chi connectivity index (χ1v) is 7.01. The number of hydrogen-bond acceptors (Lipinski definition) is 4. The Hall–Kier alpha value is -1.36. The standard InChI is InChI=1S/C13H19NO3S/c1-17-13(16)5-3-2-4-7-14-12(15)9-11-6-8-18-10-11/h6,8,10H,2-5,7,9H2,1H3,(H,14,15). The fraction of sp³-hybridized carbons (Fsp3) is 0.538. The number of carbonyl (C=O) groups excluding carboxylic acids is 2. The van der Waals surface area contributed by atoms with Crippen molar-refractivity contribution in [3.63, 3.8) is 0 Å². The molecule has 5 heteroatoms. The SMILES string of the molecule is COC(=O)CCCCCNC(=O)Cc1ccsc1. The van der Waals surface area contributed by atoms with E-state index in [0.29, 0.717) is 19.4 Å². The zero-order valence-corrected chi connectivity index (χ0v) is 11.4. The van der Waals surface area contributed by atoms with E-state index < -0.39 is 0 Å². The van der Waals surface area contributed by atoms with Crippen LogP contribution in [0.1, 0.15) is 31.2 Å². The van der Waals surface area contributed by atoms with Gasteiger partial charge in [0, 0.05) is 13.0 Å². The molecule has 1 aromatic heterocycles. The molecule has 0 bridgehead atoms. The second-order valence-corrected chi connectivity index (χ2v) is 4.83. The summed E-state index contributed by atoms with van der Waals surface area (Å²) < 4.78 is 4.55. The van der Waals surface area contributed by atoms with E-state index in [1.54, 1.807) is 11.3 Å². The van der Waals surface area contributed by atoms with Crippen molar-refractivity contribution < 1.29 is 14.3 Å². The number of amides is 1. The van der Waals surface area contributed by atoms with Gasteiger partial charge >= 0.3 is 5.97 Å². The largest absolute Gasteiger partial charge is 0.469 e. The third-order valence-corrected chi connectivity index (χ3v) is 3.28. The number of hydrogen-bond donors (Lipinski definition) is 1. The van der Waals surface area contributed by atoms with Gasteiger partial charge in [0.25, 0.3) is 0 Å². The monoisotopic (exact) mass is 269 g/mol. The van der Waals surface area contributed by atoms with Crippen LogP contribution in [0.4, 0.5) is 0 Å². The minimum Gasteiger partial charge on any atom is -0.469 e. The topological polar surface area (TPSA) is 55.4 Å². The molecule has 0 spiro atoms. The summed E-state index contributed by atoms with van der Waals surface area (Å²) in [7, 11) is 1.40. The van der Waals surface area contributed by atoms with Crippen molar-refractivity contribution in [3.8, 4) is 0 Å². The van der Waals surface area contributed by atoms with Gasteiger partial charge in [0.05, 0.1) is 13.5 Å². The van der Waals surface area contributed by atoms with Crippen molar-refractivity contribution >= 4 is 23.2 Å². The van der Waals surface area contributed by atoms with Crippen molar-refractivity contribution in [1.29, 1.82) is 0 Å². The number of esters is 1. The predicted octanol–water partition coefficient (Wildman–Crippen LogP) is 2.14. The molecule has 1 aromatic rings. The normalized spacial score (nSPS) is 10.1. The van der Waals surface area contributed by atoms with E-state index in [2.05, 4.69) is 10.1 Å². The number of unbranched alkanes of at least 4 members (excludes halogenated alkanes) is 2. The zero-order valence-electron chi connectivity index (χ0n) is 10.6. The fourth-order valence-electron chi connectivity index (χ4n) is 1.54. The summed E-state index contributed by atoms with van der Waals surface area (Å²) in [5, 5.41) is 6.82. The molecule has 0 aliphatic rings. The van der Waals surface area contributed by atoms with Crippen molar-refractivity contribution in [3.05, 3.63) is 22.4 Å². The third-order valence-electron chi connectivity index (χ3n) is 2.55. The molecule has 0 saturated heterocycles. The van der Waals surface area contributed by atoms with Crippen molar-refractivity contribution in [2.75, 3.05) is 13.7 Å². The molecule has 0 fully saturated rings. The Morgan fingerprint density at radius 3 is 2.83 bits per heavy atom. The first kappa shape index (κ1) is 14.7. The van der Waals surface area contributed by atoms with Crippen LogP contribution in [0, 0.1) is 0 Å². The van der Waals surface area contributed by atoms with Crippen LogP contribution >= 0.6 is 11.3 Å². The van der Waals surface area contributed by atoms with Crippen LogP contribution in [0.2, 0.25) is 0 Å². The van der Waals surface area contributed by atoms with Gasteiger partial charge in [-0.25, -0.2) is 0 Å². The molecule has 1 N–H and O–H groups in total. The van der Waals surface area contributed by atoms with Gasteiger partial charge in [-0.3, -0.25) is 9.59 Å². The molecule has 18 heavy (non-hydrogen) atoms. The Bertz CT molecular complexity index is 362. The smallest absolute Gasteiger partial charge is 0.305 e. The van der Waals surface area contributed by atoms with E-state index >= 15 is 0 Å². The van der Waals surface area contributed by atoms with Crippen molar-refractivity contribution in [2.24, 2.45) is 0 Å². The fourth-order valence-corrected chi connectivity index (χ4v) is 2.21. The highest BCUT2D eigenvalue weighted by molar-refractivity contribution is 7.07. The molecule has 1 amide bonds. The lowest BCUT2D eigenvalue weighted by atomic mass is 10.2. The Balaban J connectivity index is 1.97. The number of methoxy groups -OCH3 is 1. The van der Waals surface area contributed by atoms with Crippen LogP contribution in [0.15, 0.2) is 16.8 Å². The van der Waals surface area contributed by atoms with Gasteiger partial charge in [-0.2, -0.15) is 11.3 Å². The average Bonchev–Trinajstić information content (AvgIpc) is 2.85. The zero-order chi connectivity index (χ0) is 13.2. The first-order valence-electron chi connectivity index (χ1n) is 6.07. The quantitative estimate of drug-likeness (QED) is 0.581. The number of thiophene rings is 1. The molecule has 100 valence electrons. The Morgan fingerprint density at radius 1 is 1.33 bits per heavy atom. The average molecular weight is 269 g/mol. The van der Waals surface area contributed by atoms with Crippen LogP contribution in [0.25, 0.3) is 0 Å². The maximum atomic E-state index is 11.5. The molecule has 0 aliphatic carbocycles. The van der Waals surface area contributed by atoms with Gasteiger partial charge in [0.2, 0.25) is 5.91 Å². The molecule has 0 radical (unpaired) electrons. The molecular weight excluding hydrogens is 250 g/mol. The van der Waals surface area contributed by atoms with Gasteiger partial charge < -0.3 is 10.1 Å². The minimum atomic E-state index is -0.170. The van der Waals surface area contributed by atoms with Crippen molar-refractivity contribution in [2.45, 2.75) is 32.1 Å². The number of ether oxygens (including phenoxy) is 1. The molecule has 0 atom stereocenters. The van der Waals surface area contributed by atoms with Crippen LogP contribution in [-0.2, 0) is 20.7 Å². The molecular formula is C13H19NO3S. The summed E-state index contributed by atoms with van der Waals surface area (Å²) in [6.45, 7) is 0.671. The van der Waals surface area contributed by atoms with Gasteiger partial charge in [-0.05, 0) is 35.2 Å². The maximum absolute atomic E-state index is 11.5. The van der Waals surface area contributed by atoms with Crippen LogP contribution in [0.3, 0.4) is 0 Å². The Labute approximate surface area is 111 Å². The maximum Gasteiger partial charge on any atom is 0.305 e. The van der Waals surface area contributed by atoms with Crippen LogP contribution in [0.5, 0.6) is 0 Å². The molecule has 0 aromatic carbocycles. The highest BCUT2D eigenvalue weighted by Crippen LogP contribution is 2.06. The van der Waals surface area contributed by atoms with Gasteiger partial charge in [0.1, 0.15) is 0 Å². The summed E-state index contributed by atoms with van der Waals surface area (Å²) >= 11 is 1.60. The summed E-state index contributed by atoms with van der Waals surface area (Å²) in [5.41, 5.74) is 1.06. The summed E-state index contributed by atoms with van der Waals surface area (Å²) in [6, 6.07) is 1.96. The van der Waals surface area contributed by atoms with Crippen LogP contribution in [-0.4, -0.2) is 25.5 Å². The second kappa shape index (κ2) is 8.69. The van der Waals surface area contributed by atoms with Crippen molar-refractivity contribution in [1.82, 2.24) is 5.32 Å².